The lowest BCUT2D eigenvalue weighted by molar-refractivity contribution is -0.127. The SMILES string of the molecule is CCn1c(CC(=O)C2(N)CCOCC2)nc2ccccc21. The molecule has 1 saturated heterocycles. The van der Waals surface area contributed by atoms with Gasteiger partial charge in [0, 0.05) is 19.8 Å². The number of carbonyl (C=O) groups is 1. The van der Waals surface area contributed by atoms with Gasteiger partial charge in [-0.2, -0.15) is 0 Å². The summed E-state index contributed by atoms with van der Waals surface area (Å²) < 4.78 is 7.40. The lowest BCUT2D eigenvalue weighted by Crippen LogP contribution is -2.52. The summed E-state index contributed by atoms with van der Waals surface area (Å²) in [6, 6.07) is 7.96. The lowest BCUT2D eigenvalue weighted by atomic mass is 9.85. The Bertz CT molecular complexity index is 657. The molecular weight excluding hydrogens is 266 g/mol. The predicted molar refractivity (Wildman–Crippen MR) is 81.1 cm³/mol. The van der Waals surface area contributed by atoms with E-state index in [1.54, 1.807) is 0 Å². The quantitative estimate of drug-likeness (QED) is 0.928. The van der Waals surface area contributed by atoms with Gasteiger partial charge in [-0.15, -0.1) is 0 Å². The standard InChI is InChI=1S/C16H21N3O2/c1-2-19-13-6-4-3-5-12(13)18-15(19)11-14(20)16(17)7-9-21-10-8-16/h3-6H,2,7-11,17H2,1H3. The van der Waals surface area contributed by atoms with Crippen molar-refractivity contribution in [2.75, 3.05) is 13.2 Å². The summed E-state index contributed by atoms with van der Waals surface area (Å²) in [7, 11) is 0. The van der Waals surface area contributed by atoms with Crippen LogP contribution in [0, 0.1) is 0 Å². The van der Waals surface area contributed by atoms with Crippen LogP contribution in [0.5, 0.6) is 0 Å². The molecule has 5 heteroatoms. The Morgan fingerprint density at radius 2 is 2.10 bits per heavy atom. The maximum absolute atomic E-state index is 12.6. The highest BCUT2D eigenvalue weighted by atomic mass is 16.5. The molecule has 0 aliphatic carbocycles. The molecule has 1 aliphatic heterocycles. The molecule has 0 radical (unpaired) electrons. The molecule has 0 unspecified atom stereocenters. The third-order valence-electron chi connectivity index (χ3n) is 4.31. The molecule has 2 heterocycles. The van der Waals surface area contributed by atoms with Gasteiger partial charge in [-0.25, -0.2) is 4.98 Å². The van der Waals surface area contributed by atoms with Crippen molar-refractivity contribution in [3.63, 3.8) is 0 Å². The average Bonchev–Trinajstić information content (AvgIpc) is 2.85. The van der Waals surface area contributed by atoms with Gasteiger partial charge in [0.1, 0.15) is 5.82 Å². The summed E-state index contributed by atoms with van der Waals surface area (Å²) >= 11 is 0. The van der Waals surface area contributed by atoms with Crippen molar-refractivity contribution >= 4 is 16.8 Å². The maximum atomic E-state index is 12.6. The number of ketones is 1. The number of hydrogen-bond donors (Lipinski definition) is 1. The summed E-state index contributed by atoms with van der Waals surface area (Å²) in [5.41, 5.74) is 7.52. The van der Waals surface area contributed by atoms with Crippen molar-refractivity contribution in [3.05, 3.63) is 30.1 Å². The number of nitrogens with zero attached hydrogens (tertiary/aromatic N) is 2. The van der Waals surface area contributed by atoms with Gasteiger partial charge in [0.15, 0.2) is 5.78 Å². The van der Waals surface area contributed by atoms with E-state index in [0.717, 1.165) is 23.4 Å². The van der Waals surface area contributed by atoms with Crippen LogP contribution in [-0.2, 0) is 22.5 Å². The zero-order chi connectivity index (χ0) is 14.9. The third-order valence-corrected chi connectivity index (χ3v) is 4.31. The molecule has 0 saturated carbocycles. The number of hydrogen-bond acceptors (Lipinski definition) is 4. The zero-order valence-electron chi connectivity index (χ0n) is 12.3. The van der Waals surface area contributed by atoms with E-state index in [2.05, 4.69) is 16.5 Å². The summed E-state index contributed by atoms with van der Waals surface area (Å²) in [6.07, 6.45) is 1.48. The van der Waals surface area contributed by atoms with E-state index in [4.69, 9.17) is 10.5 Å². The molecule has 5 nitrogen and oxygen atoms in total. The first-order valence-electron chi connectivity index (χ1n) is 7.48. The minimum atomic E-state index is -0.755. The molecule has 112 valence electrons. The van der Waals surface area contributed by atoms with Crippen molar-refractivity contribution in [1.29, 1.82) is 0 Å². The van der Waals surface area contributed by atoms with Crippen LogP contribution in [0.25, 0.3) is 11.0 Å². The van der Waals surface area contributed by atoms with E-state index in [9.17, 15) is 4.79 Å². The zero-order valence-corrected chi connectivity index (χ0v) is 12.3. The Morgan fingerprint density at radius 1 is 1.38 bits per heavy atom. The molecule has 0 amide bonds. The van der Waals surface area contributed by atoms with Gasteiger partial charge in [0.25, 0.3) is 0 Å². The fourth-order valence-electron chi connectivity index (χ4n) is 2.95. The van der Waals surface area contributed by atoms with Crippen LogP contribution in [0.4, 0.5) is 0 Å². The maximum Gasteiger partial charge on any atom is 0.160 e. The molecule has 0 spiro atoms. The number of carbonyl (C=O) groups excluding carboxylic acids is 1. The van der Waals surface area contributed by atoms with Gasteiger partial charge >= 0.3 is 0 Å². The smallest absolute Gasteiger partial charge is 0.160 e. The molecule has 1 fully saturated rings. The van der Waals surface area contributed by atoms with Crippen molar-refractivity contribution in [3.8, 4) is 0 Å². The Kier molecular flexibility index (Phi) is 3.78. The first-order chi connectivity index (χ1) is 10.1. The van der Waals surface area contributed by atoms with E-state index in [-0.39, 0.29) is 5.78 Å². The van der Waals surface area contributed by atoms with E-state index in [1.165, 1.54) is 0 Å². The Labute approximate surface area is 124 Å². The van der Waals surface area contributed by atoms with Crippen LogP contribution < -0.4 is 5.73 Å². The van der Waals surface area contributed by atoms with Crippen LogP contribution in [0.3, 0.4) is 0 Å². The van der Waals surface area contributed by atoms with Crippen molar-refractivity contribution < 1.29 is 9.53 Å². The molecular formula is C16H21N3O2. The number of para-hydroxylation sites is 2. The number of ether oxygens (including phenoxy) is 1. The normalized spacial score (nSPS) is 18.0. The second-order valence-corrected chi connectivity index (χ2v) is 5.63. The van der Waals surface area contributed by atoms with E-state index in [0.29, 0.717) is 32.5 Å². The number of nitrogens with two attached hydrogens (primary N) is 1. The molecule has 1 aliphatic rings. The molecule has 2 aromatic rings. The van der Waals surface area contributed by atoms with Crippen molar-refractivity contribution in [2.24, 2.45) is 5.73 Å². The van der Waals surface area contributed by atoms with Gasteiger partial charge in [-0.05, 0) is 31.9 Å². The van der Waals surface area contributed by atoms with Gasteiger partial charge in [-0.3, -0.25) is 4.79 Å². The van der Waals surface area contributed by atoms with Gasteiger partial charge in [-0.1, -0.05) is 12.1 Å². The highest BCUT2D eigenvalue weighted by Gasteiger charge is 2.36. The summed E-state index contributed by atoms with van der Waals surface area (Å²) in [4.78, 5) is 17.2. The fourth-order valence-corrected chi connectivity index (χ4v) is 2.95. The van der Waals surface area contributed by atoms with Crippen LogP contribution in [0.15, 0.2) is 24.3 Å². The first-order valence-corrected chi connectivity index (χ1v) is 7.48. The molecule has 2 N–H and O–H groups in total. The highest BCUT2D eigenvalue weighted by molar-refractivity contribution is 5.90. The minimum absolute atomic E-state index is 0.0656. The Morgan fingerprint density at radius 3 is 2.81 bits per heavy atom. The summed E-state index contributed by atoms with van der Waals surface area (Å²) in [5, 5.41) is 0. The number of aromatic nitrogens is 2. The third kappa shape index (κ3) is 2.59. The fraction of sp³-hybridized carbons (Fsp3) is 0.500. The summed E-state index contributed by atoms with van der Waals surface area (Å²) in [6.45, 7) is 3.98. The number of rotatable bonds is 4. The van der Waals surface area contributed by atoms with E-state index < -0.39 is 5.54 Å². The lowest BCUT2D eigenvalue weighted by Gasteiger charge is -2.31. The second kappa shape index (κ2) is 5.58. The molecule has 1 aromatic heterocycles. The largest absolute Gasteiger partial charge is 0.381 e. The number of benzene rings is 1. The monoisotopic (exact) mass is 287 g/mol. The minimum Gasteiger partial charge on any atom is -0.381 e. The molecule has 21 heavy (non-hydrogen) atoms. The van der Waals surface area contributed by atoms with Crippen LogP contribution in [0.1, 0.15) is 25.6 Å². The molecule has 0 bridgehead atoms. The highest BCUT2D eigenvalue weighted by Crippen LogP contribution is 2.22. The summed E-state index contributed by atoms with van der Waals surface area (Å²) in [5.74, 6) is 0.871. The van der Waals surface area contributed by atoms with Crippen LogP contribution in [-0.4, -0.2) is 34.1 Å². The number of aryl methyl sites for hydroxylation is 1. The van der Waals surface area contributed by atoms with Gasteiger partial charge in [0.05, 0.1) is 23.0 Å². The predicted octanol–water partition coefficient (Wildman–Crippen LogP) is 1.68. The number of Topliss-reactive ketones (excluding diaryl/α,β-unsaturated/α-hetero) is 1. The van der Waals surface area contributed by atoms with E-state index >= 15 is 0 Å². The van der Waals surface area contributed by atoms with Gasteiger partial charge in [0.2, 0.25) is 0 Å². The Balaban J connectivity index is 1.89. The van der Waals surface area contributed by atoms with E-state index in [1.807, 2.05) is 24.3 Å². The van der Waals surface area contributed by atoms with Gasteiger partial charge < -0.3 is 15.0 Å². The average molecular weight is 287 g/mol. The number of fused-ring (bicyclic) bond motifs is 1. The van der Waals surface area contributed by atoms with Crippen molar-refractivity contribution in [1.82, 2.24) is 9.55 Å². The van der Waals surface area contributed by atoms with Crippen LogP contribution in [0.2, 0.25) is 0 Å². The molecule has 3 rings (SSSR count). The Hall–Kier alpha value is -1.72. The first kappa shape index (κ1) is 14.2. The molecule has 1 aromatic carbocycles. The molecule has 0 atom stereocenters. The van der Waals surface area contributed by atoms with Crippen LogP contribution >= 0.6 is 0 Å². The van der Waals surface area contributed by atoms with Crippen molar-refractivity contribution in [2.45, 2.75) is 38.3 Å². The topological polar surface area (TPSA) is 70.1 Å². The second-order valence-electron chi connectivity index (χ2n) is 5.63. The number of imidazole rings is 1.